The van der Waals surface area contributed by atoms with Crippen molar-refractivity contribution < 1.29 is 19.1 Å². The summed E-state index contributed by atoms with van der Waals surface area (Å²) in [5, 5.41) is 12.3. The fourth-order valence-electron chi connectivity index (χ4n) is 1.55. The molecular weight excluding hydrogens is 268 g/mol. The largest absolute Gasteiger partial charge is 0.478 e. The van der Waals surface area contributed by atoms with Crippen molar-refractivity contribution in [3.8, 4) is 0 Å². The molecule has 0 unspecified atom stereocenters. The van der Waals surface area contributed by atoms with Gasteiger partial charge in [-0.2, -0.15) is 0 Å². The number of carbonyl (C=O) groups excluding carboxylic acids is 1. The molecule has 0 saturated heterocycles. The number of aryl methyl sites for hydroxylation is 2. The molecule has 2 N–H and O–H groups in total. The lowest BCUT2D eigenvalue weighted by Gasteiger charge is -2.01. The zero-order valence-electron chi connectivity index (χ0n) is 10.4. The molecule has 0 fully saturated rings. The molecule has 0 aliphatic rings. The maximum Gasteiger partial charge on any atom is 0.338 e. The van der Waals surface area contributed by atoms with E-state index >= 15 is 0 Å². The monoisotopic (exact) mass is 280 g/mol. The number of thiazole rings is 1. The number of carbonyl (C=O) groups is 2. The first-order valence-corrected chi connectivity index (χ1v) is 6.32. The highest BCUT2D eigenvalue weighted by Crippen LogP contribution is 2.17. The Kier molecular flexibility index (Phi) is 3.66. The summed E-state index contributed by atoms with van der Waals surface area (Å²) in [6.07, 6.45) is 1.04. The van der Waals surface area contributed by atoms with E-state index in [1.807, 2.05) is 13.8 Å². The summed E-state index contributed by atoms with van der Waals surface area (Å²) in [7, 11) is 0. The van der Waals surface area contributed by atoms with Crippen LogP contribution < -0.4 is 5.32 Å². The molecule has 2 aromatic rings. The molecular formula is C12H12N2O4S. The minimum Gasteiger partial charge on any atom is -0.478 e. The predicted octanol–water partition coefficient (Wildman–Crippen LogP) is 1.98. The molecule has 1 amide bonds. The van der Waals surface area contributed by atoms with Crippen LogP contribution in [0.3, 0.4) is 0 Å². The smallest absolute Gasteiger partial charge is 0.338 e. The normalized spacial score (nSPS) is 10.4. The highest BCUT2D eigenvalue weighted by molar-refractivity contribution is 7.11. The first kappa shape index (κ1) is 13.3. The van der Waals surface area contributed by atoms with Gasteiger partial charge in [0.05, 0.1) is 22.8 Å². The molecule has 0 spiro atoms. The summed E-state index contributed by atoms with van der Waals surface area (Å²) in [5.41, 5.74) is 0.837. The lowest BCUT2D eigenvalue weighted by atomic mass is 10.3. The van der Waals surface area contributed by atoms with Crippen molar-refractivity contribution in [1.82, 2.24) is 10.3 Å². The lowest BCUT2D eigenvalue weighted by Crippen LogP contribution is -2.22. The number of nitrogens with zero attached hydrogens (tertiary/aromatic N) is 1. The van der Waals surface area contributed by atoms with E-state index in [-0.39, 0.29) is 11.3 Å². The Morgan fingerprint density at radius 2 is 2.21 bits per heavy atom. The Hall–Kier alpha value is -2.15. The average Bonchev–Trinajstić information content (AvgIpc) is 2.93. The van der Waals surface area contributed by atoms with Crippen LogP contribution in [0.1, 0.15) is 36.5 Å². The van der Waals surface area contributed by atoms with Crippen LogP contribution in [-0.2, 0) is 6.54 Å². The number of carboxylic acids is 1. The van der Waals surface area contributed by atoms with Crippen LogP contribution in [0.15, 0.2) is 16.7 Å². The number of amides is 1. The van der Waals surface area contributed by atoms with Crippen LogP contribution >= 0.6 is 11.3 Å². The Labute approximate surface area is 113 Å². The molecule has 2 rings (SSSR count). The molecule has 2 heterocycles. The first-order chi connectivity index (χ1) is 8.97. The van der Waals surface area contributed by atoms with Crippen molar-refractivity contribution in [1.29, 1.82) is 0 Å². The number of nitrogens with one attached hydrogen (secondary N) is 1. The number of rotatable bonds is 4. The summed E-state index contributed by atoms with van der Waals surface area (Å²) in [5.74, 6) is -1.59. The highest BCUT2D eigenvalue weighted by atomic mass is 32.1. The Balaban J connectivity index is 2.01. The van der Waals surface area contributed by atoms with Crippen LogP contribution in [0, 0.1) is 13.8 Å². The summed E-state index contributed by atoms with van der Waals surface area (Å²) in [6.45, 7) is 4.12. The van der Waals surface area contributed by atoms with Gasteiger partial charge in [-0.05, 0) is 13.8 Å². The fourth-order valence-corrected chi connectivity index (χ4v) is 2.43. The van der Waals surface area contributed by atoms with Gasteiger partial charge in [0.2, 0.25) is 0 Å². The second-order valence-corrected chi connectivity index (χ2v) is 5.22. The molecule has 2 aromatic heterocycles. The van der Waals surface area contributed by atoms with E-state index in [4.69, 9.17) is 9.52 Å². The van der Waals surface area contributed by atoms with E-state index in [0.29, 0.717) is 6.54 Å². The van der Waals surface area contributed by atoms with Crippen LogP contribution in [0.4, 0.5) is 0 Å². The molecule has 0 saturated carbocycles. The highest BCUT2D eigenvalue weighted by Gasteiger charge is 2.15. The van der Waals surface area contributed by atoms with Gasteiger partial charge in [0.25, 0.3) is 5.91 Å². The summed E-state index contributed by atoms with van der Waals surface area (Å²) < 4.78 is 4.91. The van der Waals surface area contributed by atoms with Gasteiger partial charge in [0, 0.05) is 10.9 Å². The average molecular weight is 280 g/mol. The van der Waals surface area contributed by atoms with Gasteiger partial charge in [0.1, 0.15) is 6.26 Å². The van der Waals surface area contributed by atoms with E-state index in [2.05, 4.69) is 10.3 Å². The van der Waals surface area contributed by atoms with Crippen molar-refractivity contribution in [3.05, 3.63) is 39.2 Å². The SMILES string of the molecule is Cc1nc(C)c(CNC(=O)c2cc(C(=O)O)co2)s1. The molecule has 19 heavy (non-hydrogen) atoms. The van der Waals surface area contributed by atoms with Crippen LogP contribution in [-0.4, -0.2) is 22.0 Å². The minimum atomic E-state index is -1.13. The summed E-state index contributed by atoms with van der Waals surface area (Å²) in [4.78, 5) is 27.6. The second-order valence-electron chi connectivity index (χ2n) is 3.93. The van der Waals surface area contributed by atoms with Gasteiger partial charge in [0.15, 0.2) is 5.76 Å². The summed E-state index contributed by atoms with van der Waals surface area (Å²) >= 11 is 1.51. The number of hydrogen-bond acceptors (Lipinski definition) is 5. The van der Waals surface area contributed by atoms with Crippen LogP contribution in [0.25, 0.3) is 0 Å². The molecule has 0 atom stereocenters. The van der Waals surface area contributed by atoms with E-state index in [0.717, 1.165) is 21.8 Å². The number of aromatic carboxylic acids is 1. The van der Waals surface area contributed by atoms with Gasteiger partial charge in [-0.15, -0.1) is 11.3 Å². The van der Waals surface area contributed by atoms with Crippen molar-refractivity contribution in [3.63, 3.8) is 0 Å². The van der Waals surface area contributed by atoms with E-state index in [1.54, 1.807) is 0 Å². The second kappa shape index (κ2) is 5.23. The Bertz CT molecular complexity index is 629. The topological polar surface area (TPSA) is 92.4 Å². The van der Waals surface area contributed by atoms with Gasteiger partial charge in [-0.25, -0.2) is 9.78 Å². The maximum atomic E-state index is 11.8. The molecule has 0 aromatic carbocycles. The van der Waals surface area contributed by atoms with Crippen LogP contribution in [0.2, 0.25) is 0 Å². The number of furan rings is 1. The predicted molar refractivity (Wildman–Crippen MR) is 68.4 cm³/mol. The minimum absolute atomic E-state index is 0.0173. The number of carboxylic acid groups (broad SMARTS) is 1. The van der Waals surface area contributed by atoms with Gasteiger partial charge in [-0.3, -0.25) is 4.79 Å². The first-order valence-electron chi connectivity index (χ1n) is 5.50. The zero-order chi connectivity index (χ0) is 14.0. The molecule has 0 radical (unpaired) electrons. The molecule has 0 bridgehead atoms. The third-order valence-electron chi connectivity index (χ3n) is 2.48. The van der Waals surface area contributed by atoms with Crippen molar-refractivity contribution in [2.45, 2.75) is 20.4 Å². The Morgan fingerprint density at radius 1 is 1.47 bits per heavy atom. The fraction of sp³-hybridized carbons (Fsp3) is 0.250. The number of aromatic nitrogens is 1. The van der Waals surface area contributed by atoms with Gasteiger partial charge >= 0.3 is 5.97 Å². The lowest BCUT2D eigenvalue weighted by molar-refractivity contribution is 0.0696. The van der Waals surface area contributed by atoms with Crippen molar-refractivity contribution in [2.24, 2.45) is 0 Å². The Morgan fingerprint density at radius 3 is 2.74 bits per heavy atom. The van der Waals surface area contributed by atoms with Crippen molar-refractivity contribution >= 4 is 23.2 Å². The molecule has 6 nitrogen and oxygen atoms in total. The molecule has 7 heteroatoms. The quantitative estimate of drug-likeness (QED) is 0.893. The molecule has 0 aliphatic carbocycles. The summed E-state index contributed by atoms with van der Waals surface area (Å²) in [6, 6.07) is 1.20. The van der Waals surface area contributed by atoms with Crippen molar-refractivity contribution in [2.75, 3.05) is 0 Å². The third kappa shape index (κ3) is 3.00. The maximum absolute atomic E-state index is 11.8. The van der Waals surface area contributed by atoms with Gasteiger partial charge in [-0.1, -0.05) is 0 Å². The van der Waals surface area contributed by atoms with Gasteiger partial charge < -0.3 is 14.8 Å². The standard InChI is InChI=1S/C12H12N2O4S/c1-6-10(19-7(2)14-6)4-13-11(15)9-3-8(5-18-9)12(16)17/h3,5H,4H2,1-2H3,(H,13,15)(H,16,17). The third-order valence-corrected chi connectivity index (χ3v) is 3.55. The van der Waals surface area contributed by atoms with E-state index in [9.17, 15) is 9.59 Å². The molecule has 100 valence electrons. The van der Waals surface area contributed by atoms with E-state index < -0.39 is 11.9 Å². The van der Waals surface area contributed by atoms with Crippen LogP contribution in [0.5, 0.6) is 0 Å². The van der Waals surface area contributed by atoms with E-state index in [1.165, 1.54) is 17.4 Å². The zero-order valence-corrected chi connectivity index (χ0v) is 11.2. The molecule has 0 aliphatic heterocycles. The number of hydrogen-bond donors (Lipinski definition) is 2.